The van der Waals surface area contributed by atoms with Crippen molar-refractivity contribution in [1.82, 2.24) is 4.98 Å². The Morgan fingerprint density at radius 2 is 1.94 bits per heavy atom. The monoisotopic (exact) mass is 221 g/mol. The molecule has 0 aliphatic carbocycles. The Hall–Kier alpha value is -2.17. The molecule has 0 saturated heterocycles. The number of hydrogen-bond acceptors (Lipinski definition) is 5. The zero-order valence-electron chi connectivity index (χ0n) is 8.93. The molecule has 2 aromatic heterocycles. The zero-order valence-corrected chi connectivity index (χ0v) is 8.93. The maximum Gasteiger partial charge on any atom is 0.330 e. The summed E-state index contributed by atoms with van der Waals surface area (Å²) in [5, 5.41) is 9.51. The molecule has 0 saturated carbocycles. The molecular weight excluding hydrogens is 210 g/mol. The van der Waals surface area contributed by atoms with Gasteiger partial charge in [-0.25, -0.2) is 0 Å². The normalized spacial score (nSPS) is 10.1. The standard InChI is InChI=1S/C11H11NO4/c1-14-9-8(7-5-3-4-6-12-7)16-11(13)10(9)15-2/h3-6,13H,1-2H3. The number of hydrogen-bond donors (Lipinski definition) is 1. The van der Waals surface area contributed by atoms with E-state index >= 15 is 0 Å². The summed E-state index contributed by atoms with van der Waals surface area (Å²) in [5.41, 5.74) is 0.568. The van der Waals surface area contributed by atoms with Crippen molar-refractivity contribution in [2.45, 2.75) is 0 Å². The van der Waals surface area contributed by atoms with Crippen LogP contribution in [0.2, 0.25) is 0 Å². The maximum absolute atomic E-state index is 9.51. The van der Waals surface area contributed by atoms with E-state index < -0.39 is 0 Å². The highest BCUT2D eigenvalue weighted by Gasteiger charge is 2.23. The van der Waals surface area contributed by atoms with Gasteiger partial charge in [-0.3, -0.25) is 4.98 Å². The van der Waals surface area contributed by atoms with Crippen molar-refractivity contribution >= 4 is 0 Å². The van der Waals surface area contributed by atoms with Crippen LogP contribution in [0.15, 0.2) is 28.8 Å². The van der Waals surface area contributed by atoms with Gasteiger partial charge in [-0.05, 0) is 12.1 Å². The van der Waals surface area contributed by atoms with Gasteiger partial charge in [0.15, 0.2) is 0 Å². The van der Waals surface area contributed by atoms with Crippen LogP contribution in [0.3, 0.4) is 0 Å². The summed E-state index contributed by atoms with van der Waals surface area (Å²) in [7, 11) is 2.90. The first-order valence-corrected chi connectivity index (χ1v) is 4.63. The van der Waals surface area contributed by atoms with Gasteiger partial charge < -0.3 is 19.0 Å². The molecule has 5 nitrogen and oxygen atoms in total. The molecule has 0 radical (unpaired) electrons. The Labute approximate surface area is 92.3 Å². The second-order valence-electron chi connectivity index (χ2n) is 3.02. The van der Waals surface area contributed by atoms with Gasteiger partial charge in [0.25, 0.3) is 0 Å². The molecule has 0 aliphatic heterocycles. The minimum Gasteiger partial charge on any atom is -0.489 e. The van der Waals surface area contributed by atoms with E-state index in [1.54, 1.807) is 18.3 Å². The lowest BCUT2D eigenvalue weighted by Crippen LogP contribution is -1.89. The Morgan fingerprint density at radius 3 is 2.50 bits per heavy atom. The molecule has 2 rings (SSSR count). The molecule has 0 fully saturated rings. The van der Waals surface area contributed by atoms with Crippen LogP contribution < -0.4 is 9.47 Å². The molecule has 0 atom stereocenters. The molecule has 2 heterocycles. The van der Waals surface area contributed by atoms with Crippen molar-refractivity contribution in [2.75, 3.05) is 14.2 Å². The van der Waals surface area contributed by atoms with E-state index in [1.165, 1.54) is 14.2 Å². The van der Waals surface area contributed by atoms with E-state index in [-0.39, 0.29) is 11.7 Å². The fourth-order valence-corrected chi connectivity index (χ4v) is 1.42. The Bertz CT molecular complexity index is 478. The number of furan rings is 1. The Balaban J connectivity index is 2.57. The van der Waals surface area contributed by atoms with Gasteiger partial charge in [-0.15, -0.1) is 0 Å². The van der Waals surface area contributed by atoms with Crippen molar-refractivity contribution in [1.29, 1.82) is 0 Å². The average molecular weight is 221 g/mol. The summed E-state index contributed by atoms with van der Waals surface area (Å²) in [6.45, 7) is 0. The minimum atomic E-state index is -0.319. The molecule has 1 N–H and O–H groups in total. The number of methoxy groups -OCH3 is 2. The molecule has 0 aliphatic rings. The summed E-state index contributed by atoms with van der Waals surface area (Å²) in [6.07, 6.45) is 1.63. The predicted molar refractivity (Wildman–Crippen MR) is 56.7 cm³/mol. The van der Waals surface area contributed by atoms with Gasteiger partial charge in [0.1, 0.15) is 5.69 Å². The third-order valence-electron chi connectivity index (χ3n) is 2.11. The summed E-state index contributed by atoms with van der Waals surface area (Å²) in [5.74, 6) is 0.527. The Kier molecular flexibility index (Phi) is 2.68. The van der Waals surface area contributed by atoms with Gasteiger partial charge >= 0.3 is 5.95 Å². The largest absolute Gasteiger partial charge is 0.489 e. The van der Waals surface area contributed by atoms with E-state index in [0.29, 0.717) is 17.2 Å². The van der Waals surface area contributed by atoms with Crippen LogP contribution in [-0.4, -0.2) is 24.3 Å². The van der Waals surface area contributed by atoms with E-state index in [0.717, 1.165) is 0 Å². The van der Waals surface area contributed by atoms with Crippen molar-refractivity contribution in [3.8, 4) is 28.9 Å². The Morgan fingerprint density at radius 1 is 1.19 bits per heavy atom. The summed E-state index contributed by atoms with van der Waals surface area (Å²) < 4.78 is 15.3. The predicted octanol–water partition coefficient (Wildman–Crippen LogP) is 2.06. The highest BCUT2D eigenvalue weighted by molar-refractivity contribution is 5.68. The van der Waals surface area contributed by atoms with Crippen LogP contribution in [0.5, 0.6) is 17.4 Å². The number of aromatic hydroxyl groups is 1. The fourth-order valence-electron chi connectivity index (χ4n) is 1.42. The van der Waals surface area contributed by atoms with E-state index in [2.05, 4.69) is 4.98 Å². The molecular formula is C11H11NO4. The first-order chi connectivity index (χ1) is 7.77. The zero-order chi connectivity index (χ0) is 11.5. The topological polar surface area (TPSA) is 64.7 Å². The third-order valence-corrected chi connectivity index (χ3v) is 2.11. The van der Waals surface area contributed by atoms with Crippen LogP contribution in [0.25, 0.3) is 11.5 Å². The molecule has 5 heteroatoms. The number of pyridine rings is 1. The SMILES string of the molecule is COc1c(O)oc(-c2ccccn2)c1OC. The summed E-state index contributed by atoms with van der Waals surface area (Å²) in [4.78, 5) is 4.11. The molecule has 0 amide bonds. The van der Waals surface area contributed by atoms with E-state index in [4.69, 9.17) is 13.9 Å². The van der Waals surface area contributed by atoms with Crippen molar-refractivity contribution in [2.24, 2.45) is 0 Å². The molecule has 0 bridgehead atoms. The van der Waals surface area contributed by atoms with Crippen molar-refractivity contribution in [3.63, 3.8) is 0 Å². The van der Waals surface area contributed by atoms with Crippen molar-refractivity contribution in [3.05, 3.63) is 24.4 Å². The van der Waals surface area contributed by atoms with Gasteiger partial charge in [0.05, 0.1) is 14.2 Å². The van der Waals surface area contributed by atoms with Gasteiger partial charge in [-0.1, -0.05) is 6.07 Å². The number of rotatable bonds is 3. The highest BCUT2D eigenvalue weighted by Crippen LogP contribution is 2.46. The van der Waals surface area contributed by atoms with E-state index in [9.17, 15) is 5.11 Å². The maximum atomic E-state index is 9.51. The smallest absolute Gasteiger partial charge is 0.330 e. The molecule has 16 heavy (non-hydrogen) atoms. The fraction of sp³-hybridized carbons (Fsp3) is 0.182. The minimum absolute atomic E-state index is 0.170. The third kappa shape index (κ3) is 1.56. The first-order valence-electron chi connectivity index (χ1n) is 4.63. The molecule has 0 unspecified atom stereocenters. The van der Waals surface area contributed by atoms with Gasteiger partial charge in [0, 0.05) is 6.20 Å². The van der Waals surface area contributed by atoms with Gasteiger partial charge in [0.2, 0.25) is 17.3 Å². The summed E-state index contributed by atoms with van der Waals surface area (Å²) >= 11 is 0. The highest BCUT2D eigenvalue weighted by atomic mass is 16.6. The van der Waals surface area contributed by atoms with Gasteiger partial charge in [-0.2, -0.15) is 0 Å². The van der Waals surface area contributed by atoms with E-state index in [1.807, 2.05) is 6.07 Å². The van der Waals surface area contributed by atoms with Crippen LogP contribution in [-0.2, 0) is 0 Å². The number of nitrogens with zero attached hydrogens (tertiary/aromatic N) is 1. The lowest BCUT2D eigenvalue weighted by molar-refractivity contribution is 0.299. The number of ether oxygens (including phenoxy) is 2. The lowest BCUT2D eigenvalue weighted by atomic mass is 10.2. The van der Waals surface area contributed by atoms with Crippen LogP contribution in [0.4, 0.5) is 0 Å². The summed E-state index contributed by atoms with van der Waals surface area (Å²) in [6, 6.07) is 5.35. The molecule has 84 valence electrons. The quantitative estimate of drug-likeness (QED) is 0.859. The molecule has 2 aromatic rings. The second kappa shape index (κ2) is 4.14. The van der Waals surface area contributed by atoms with Crippen LogP contribution in [0.1, 0.15) is 0 Å². The second-order valence-corrected chi connectivity index (χ2v) is 3.02. The number of aromatic nitrogens is 1. The average Bonchev–Trinajstić information content (AvgIpc) is 2.66. The van der Waals surface area contributed by atoms with Crippen molar-refractivity contribution < 1.29 is 19.0 Å². The van der Waals surface area contributed by atoms with Crippen LogP contribution in [0, 0.1) is 0 Å². The lowest BCUT2D eigenvalue weighted by Gasteiger charge is -2.01. The van der Waals surface area contributed by atoms with Crippen LogP contribution >= 0.6 is 0 Å². The molecule has 0 aromatic carbocycles. The molecule has 0 spiro atoms. The first kappa shape index (κ1) is 10.4.